The summed E-state index contributed by atoms with van der Waals surface area (Å²) in [7, 11) is 0. The van der Waals surface area contributed by atoms with Crippen molar-refractivity contribution >= 4 is 11.6 Å². The van der Waals surface area contributed by atoms with Crippen LogP contribution in [0.4, 0.5) is 5.69 Å². The highest BCUT2D eigenvalue weighted by atomic mass is 16.1. The van der Waals surface area contributed by atoms with Crippen LogP contribution in [0.2, 0.25) is 0 Å². The molecule has 0 radical (unpaired) electrons. The second-order valence-corrected chi connectivity index (χ2v) is 3.44. The number of rotatable bonds is 4. The fourth-order valence-electron chi connectivity index (χ4n) is 1.38. The van der Waals surface area contributed by atoms with E-state index in [1.807, 2.05) is 19.1 Å². The molecule has 0 aromatic heterocycles. The Morgan fingerprint density at radius 2 is 2.00 bits per heavy atom. The average Bonchev–Trinajstić information content (AvgIpc) is 2.22. The van der Waals surface area contributed by atoms with Gasteiger partial charge in [-0.05, 0) is 37.1 Å². The van der Waals surface area contributed by atoms with Crippen LogP contribution in [-0.2, 0) is 11.2 Å². The van der Waals surface area contributed by atoms with E-state index in [0.29, 0.717) is 0 Å². The van der Waals surface area contributed by atoms with Crippen molar-refractivity contribution in [2.75, 3.05) is 5.32 Å². The normalized spacial score (nSPS) is 10.5. The number of aryl methyl sites for hydroxylation is 1. The molecule has 80 valence electrons. The van der Waals surface area contributed by atoms with Crippen molar-refractivity contribution in [3.05, 3.63) is 42.0 Å². The quantitative estimate of drug-likeness (QED) is 0.748. The van der Waals surface area contributed by atoms with E-state index in [0.717, 1.165) is 18.5 Å². The molecule has 0 heterocycles. The van der Waals surface area contributed by atoms with Crippen molar-refractivity contribution in [3.8, 4) is 0 Å². The first-order chi connectivity index (χ1) is 7.26. The Morgan fingerprint density at radius 1 is 1.33 bits per heavy atom. The Kier molecular flexibility index (Phi) is 4.61. The van der Waals surface area contributed by atoms with E-state index in [4.69, 9.17) is 0 Å². The van der Waals surface area contributed by atoms with E-state index in [9.17, 15) is 4.79 Å². The Hall–Kier alpha value is -1.57. The summed E-state index contributed by atoms with van der Waals surface area (Å²) in [5.74, 6) is -0.0826. The van der Waals surface area contributed by atoms with Gasteiger partial charge in [0.2, 0.25) is 5.91 Å². The number of allylic oxidation sites excluding steroid dienone is 1. The molecular formula is C13H17NO. The zero-order valence-corrected chi connectivity index (χ0v) is 9.29. The predicted octanol–water partition coefficient (Wildman–Crippen LogP) is 3.15. The van der Waals surface area contributed by atoms with Crippen LogP contribution in [0, 0.1) is 0 Å². The molecule has 0 aliphatic carbocycles. The van der Waals surface area contributed by atoms with Gasteiger partial charge >= 0.3 is 0 Å². The monoisotopic (exact) mass is 203 g/mol. The second-order valence-electron chi connectivity index (χ2n) is 3.44. The molecule has 1 rings (SSSR count). The second kappa shape index (κ2) is 6.02. The molecule has 0 spiro atoms. The van der Waals surface area contributed by atoms with Crippen molar-refractivity contribution in [2.24, 2.45) is 0 Å². The first-order valence-corrected chi connectivity index (χ1v) is 5.29. The van der Waals surface area contributed by atoms with E-state index in [1.165, 1.54) is 11.6 Å². The number of hydrogen-bond donors (Lipinski definition) is 1. The van der Waals surface area contributed by atoms with Crippen LogP contribution in [0.5, 0.6) is 0 Å². The first-order valence-electron chi connectivity index (χ1n) is 5.29. The third-order valence-corrected chi connectivity index (χ3v) is 2.08. The van der Waals surface area contributed by atoms with Gasteiger partial charge < -0.3 is 5.32 Å². The highest BCUT2D eigenvalue weighted by Crippen LogP contribution is 2.10. The number of anilines is 1. The number of nitrogens with one attached hydrogen (secondary N) is 1. The third-order valence-electron chi connectivity index (χ3n) is 2.08. The highest BCUT2D eigenvalue weighted by molar-refractivity contribution is 5.99. The van der Waals surface area contributed by atoms with Crippen LogP contribution < -0.4 is 5.32 Å². The Bertz CT molecular complexity index is 338. The number of benzene rings is 1. The number of carbonyl (C=O) groups excluding carboxylic acids is 1. The molecule has 1 aromatic carbocycles. The van der Waals surface area contributed by atoms with Crippen molar-refractivity contribution in [3.63, 3.8) is 0 Å². The zero-order valence-electron chi connectivity index (χ0n) is 9.29. The van der Waals surface area contributed by atoms with Gasteiger partial charge in [-0.1, -0.05) is 31.6 Å². The molecule has 0 unspecified atom stereocenters. The van der Waals surface area contributed by atoms with Gasteiger partial charge in [0.05, 0.1) is 0 Å². The van der Waals surface area contributed by atoms with E-state index in [1.54, 1.807) is 6.08 Å². The van der Waals surface area contributed by atoms with Crippen molar-refractivity contribution < 1.29 is 4.79 Å². The van der Waals surface area contributed by atoms with Gasteiger partial charge in [0.1, 0.15) is 0 Å². The molecule has 2 heteroatoms. The first kappa shape index (κ1) is 11.5. The van der Waals surface area contributed by atoms with E-state index < -0.39 is 0 Å². The zero-order chi connectivity index (χ0) is 11.1. The van der Waals surface area contributed by atoms with Gasteiger partial charge in [-0.3, -0.25) is 4.79 Å². The third kappa shape index (κ3) is 3.98. The molecule has 1 amide bonds. The summed E-state index contributed by atoms with van der Waals surface area (Å²) >= 11 is 0. The van der Waals surface area contributed by atoms with E-state index in [2.05, 4.69) is 24.4 Å². The molecule has 15 heavy (non-hydrogen) atoms. The Morgan fingerprint density at radius 3 is 2.53 bits per heavy atom. The van der Waals surface area contributed by atoms with Gasteiger partial charge in [0, 0.05) is 5.69 Å². The number of carbonyl (C=O) groups is 1. The summed E-state index contributed by atoms with van der Waals surface area (Å²) in [5.41, 5.74) is 2.15. The summed E-state index contributed by atoms with van der Waals surface area (Å²) in [6, 6.07) is 7.97. The van der Waals surface area contributed by atoms with Crippen LogP contribution in [0.15, 0.2) is 36.4 Å². The lowest BCUT2D eigenvalue weighted by Gasteiger charge is -2.03. The minimum Gasteiger partial charge on any atom is -0.323 e. The van der Waals surface area contributed by atoms with Crippen LogP contribution in [-0.4, -0.2) is 5.91 Å². The summed E-state index contributed by atoms with van der Waals surface area (Å²) in [4.78, 5) is 11.2. The van der Waals surface area contributed by atoms with E-state index >= 15 is 0 Å². The van der Waals surface area contributed by atoms with Crippen molar-refractivity contribution in [2.45, 2.75) is 26.7 Å². The molecule has 0 saturated heterocycles. The van der Waals surface area contributed by atoms with Gasteiger partial charge in [-0.2, -0.15) is 0 Å². The summed E-state index contributed by atoms with van der Waals surface area (Å²) in [6.07, 6.45) is 5.47. The van der Waals surface area contributed by atoms with Gasteiger partial charge in [0.15, 0.2) is 0 Å². The molecular weight excluding hydrogens is 186 g/mol. The fraction of sp³-hybridized carbons (Fsp3) is 0.308. The minimum atomic E-state index is -0.0826. The summed E-state index contributed by atoms with van der Waals surface area (Å²) in [5, 5.41) is 2.79. The molecule has 1 aromatic rings. The lowest BCUT2D eigenvalue weighted by atomic mass is 10.1. The van der Waals surface area contributed by atoms with Crippen molar-refractivity contribution in [1.82, 2.24) is 0 Å². The maximum Gasteiger partial charge on any atom is 0.248 e. The minimum absolute atomic E-state index is 0.0826. The lowest BCUT2D eigenvalue weighted by molar-refractivity contribution is -0.111. The largest absolute Gasteiger partial charge is 0.323 e. The molecule has 0 aliphatic heterocycles. The maximum atomic E-state index is 11.2. The van der Waals surface area contributed by atoms with Crippen LogP contribution in [0.1, 0.15) is 25.8 Å². The Balaban J connectivity index is 2.60. The van der Waals surface area contributed by atoms with Gasteiger partial charge in [0.25, 0.3) is 0 Å². The van der Waals surface area contributed by atoms with Crippen LogP contribution >= 0.6 is 0 Å². The molecule has 0 aliphatic rings. The molecule has 0 saturated carbocycles. The maximum absolute atomic E-state index is 11.2. The number of hydrogen-bond acceptors (Lipinski definition) is 1. The predicted molar refractivity (Wildman–Crippen MR) is 63.9 cm³/mol. The highest BCUT2D eigenvalue weighted by Gasteiger charge is 1.97. The van der Waals surface area contributed by atoms with E-state index in [-0.39, 0.29) is 5.91 Å². The molecule has 0 atom stereocenters. The van der Waals surface area contributed by atoms with Gasteiger partial charge in [-0.15, -0.1) is 0 Å². The molecule has 0 bridgehead atoms. The number of amides is 1. The van der Waals surface area contributed by atoms with Gasteiger partial charge in [-0.25, -0.2) is 0 Å². The standard InChI is InChI=1S/C13H17NO/c1-3-5-11-7-9-12(10-8-11)14-13(15)6-4-2/h4,6-10H,3,5H2,1-2H3,(H,14,15). The lowest BCUT2D eigenvalue weighted by Crippen LogP contribution is -2.07. The topological polar surface area (TPSA) is 29.1 Å². The SMILES string of the molecule is CC=CC(=O)Nc1ccc(CCC)cc1. The Labute approximate surface area is 91.0 Å². The average molecular weight is 203 g/mol. The summed E-state index contributed by atoms with van der Waals surface area (Å²) in [6.45, 7) is 3.98. The fourth-order valence-corrected chi connectivity index (χ4v) is 1.38. The molecule has 1 N–H and O–H groups in total. The molecule has 2 nitrogen and oxygen atoms in total. The molecule has 0 fully saturated rings. The van der Waals surface area contributed by atoms with Crippen molar-refractivity contribution in [1.29, 1.82) is 0 Å². The van der Waals surface area contributed by atoms with Crippen LogP contribution in [0.3, 0.4) is 0 Å². The summed E-state index contributed by atoms with van der Waals surface area (Å²) < 4.78 is 0. The smallest absolute Gasteiger partial charge is 0.248 e. The van der Waals surface area contributed by atoms with Crippen LogP contribution in [0.25, 0.3) is 0 Å².